The van der Waals surface area contributed by atoms with Crippen molar-refractivity contribution in [2.45, 2.75) is 46.5 Å². The zero-order chi connectivity index (χ0) is 16.6. The van der Waals surface area contributed by atoms with Gasteiger partial charge in [-0.2, -0.15) is 0 Å². The highest BCUT2D eigenvalue weighted by Crippen LogP contribution is 2.34. The van der Waals surface area contributed by atoms with Crippen LogP contribution in [0.3, 0.4) is 0 Å². The van der Waals surface area contributed by atoms with Crippen LogP contribution in [0.1, 0.15) is 52.3 Å². The summed E-state index contributed by atoms with van der Waals surface area (Å²) in [6.07, 6.45) is 4.39. The molecule has 1 aliphatic carbocycles. The first-order valence-corrected chi connectivity index (χ1v) is 8.07. The second-order valence-electron chi connectivity index (χ2n) is 6.43. The van der Waals surface area contributed by atoms with Gasteiger partial charge in [0, 0.05) is 11.5 Å². The first-order valence-electron chi connectivity index (χ1n) is 8.07. The SMILES string of the molecule is CC1=CCCC(C)=C1n1c(-c2ccc(F)cc2)nnc1C(C)C. The van der Waals surface area contributed by atoms with E-state index in [1.54, 1.807) is 12.1 Å². The first-order chi connectivity index (χ1) is 11.0. The molecule has 0 saturated heterocycles. The quantitative estimate of drug-likeness (QED) is 0.782. The Morgan fingerprint density at radius 1 is 1.09 bits per heavy atom. The largest absolute Gasteiger partial charge is 0.279 e. The lowest BCUT2D eigenvalue weighted by Gasteiger charge is -2.22. The van der Waals surface area contributed by atoms with Gasteiger partial charge in [-0.05, 0) is 62.1 Å². The van der Waals surface area contributed by atoms with Crippen molar-refractivity contribution in [3.63, 3.8) is 0 Å². The summed E-state index contributed by atoms with van der Waals surface area (Å²) < 4.78 is 15.4. The molecule has 0 radical (unpaired) electrons. The minimum absolute atomic E-state index is 0.243. The van der Waals surface area contributed by atoms with Crippen molar-refractivity contribution in [2.24, 2.45) is 0 Å². The number of hydrogen-bond donors (Lipinski definition) is 0. The van der Waals surface area contributed by atoms with Crippen LogP contribution in [0.5, 0.6) is 0 Å². The fourth-order valence-corrected chi connectivity index (χ4v) is 3.10. The predicted octanol–water partition coefficient (Wildman–Crippen LogP) is 5.18. The van der Waals surface area contributed by atoms with E-state index in [0.29, 0.717) is 0 Å². The molecule has 120 valence electrons. The minimum Gasteiger partial charge on any atom is -0.279 e. The van der Waals surface area contributed by atoms with Gasteiger partial charge < -0.3 is 0 Å². The second-order valence-corrected chi connectivity index (χ2v) is 6.43. The summed E-state index contributed by atoms with van der Waals surface area (Å²) in [6.45, 7) is 8.54. The molecule has 1 aromatic heterocycles. The van der Waals surface area contributed by atoms with Gasteiger partial charge >= 0.3 is 0 Å². The Labute approximate surface area is 136 Å². The molecule has 2 aromatic rings. The van der Waals surface area contributed by atoms with Crippen LogP contribution in [0.2, 0.25) is 0 Å². The summed E-state index contributed by atoms with van der Waals surface area (Å²) >= 11 is 0. The molecule has 0 fully saturated rings. The van der Waals surface area contributed by atoms with E-state index < -0.39 is 0 Å². The van der Waals surface area contributed by atoms with E-state index in [2.05, 4.69) is 48.5 Å². The van der Waals surface area contributed by atoms with E-state index in [9.17, 15) is 4.39 Å². The third kappa shape index (κ3) is 2.85. The number of halogens is 1. The Balaban J connectivity index is 2.24. The van der Waals surface area contributed by atoms with Gasteiger partial charge in [0.05, 0.1) is 5.70 Å². The van der Waals surface area contributed by atoms with Crippen molar-refractivity contribution in [1.82, 2.24) is 14.8 Å². The van der Waals surface area contributed by atoms with Crippen molar-refractivity contribution < 1.29 is 4.39 Å². The lowest BCUT2D eigenvalue weighted by Crippen LogP contribution is -2.11. The van der Waals surface area contributed by atoms with Crippen LogP contribution >= 0.6 is 0 Å². The lowest BCUT2D eigenvalue weighted by atomic mass is 9.97. The van der Waals surface area contributed by atoms with E-state index in [0.717, 1.165) is 30.1 Å². The average molecular weight is 311 g/mol. The maximum absolute atomic E-state index is 13.3. The Bertz CT molecular complexity index is 779. The minimum atomic E-state index is -0.243. The number of allylic oxidation sites excluding steroid dienone is 4. The van der Waals surface area contributed by atoms with Crippen LogP contribution < -0.4 is 0 Å². The molecule has 0 unspecified atom stereocenters. The van der Waals surface area contributed by atoms with E-state index in [1.807, 2.05) is 0 Å². The zero-order valence-electron chi connectivity index (χ0n) is 14.1. The topological polar surface area (TPSA) is 30.7 Å². The molecular weight excluding hydrogens is 289 g/mol. The molecule has 1 aliphatic rings. The number of rotatable bonds is 3. The molecule has 3 nitrogen and oxygen atoms in total. The second kappa shape index (κ2) is 6.11. The molecule has 0 saturated carbocycles. The monoisotopic (exact) mass is 311 g/mol. The molecular formula is C19H22FN3. The van der Waals surface area contributed by atoms with Gasteiger partial charge in [0.25, 0.3) is 0 Å². The van der Waals surface area contributed by atoms with Crippen LogP contribution in [0.15, 0.2) is 41.5 Å². The van der Waals surface area contributed by atoms with Crippen molar-refractivity contribution >= 4 is 5.70 Å². The summed E-state index contributed by atoms with van der Waals surface area (Å²) in [5, 5.41) is 8.83. The van der Waals surface area contributed by atoms with E-state index >= 15 is 0 Å². The molecule has 0 amide bonds. The van der Waals surface area contributed by atoms with Gasteiger partial charge in [0.15, 0.2) is 5.82 Å². The van der Waals surface area contributed by atoms with E-state index in [1.165, 1.54) is 29.0 Å². The molecule has 3 rings (SSSR count). The molecule has 0 N–H and O–H groups in total. The van der Waals surface area contributed by atoms with E-state index in [4.69, 9.17) is 0 Å². The molecule has 23 heavy (non-hydrogen) atoms. The normalized spacial score (nSPS) is 15.3. The van der Waals surface area contributed by atoms with Crippen LogP contribution in [0.4, 0.5) is 4.39 Å². The highest BCUT2D eigenvalue weighted by Gasteiger charge is 2.22. The lowest BCUT2D eigenvalue weighted by molar-refractivity contribution is 0.628. The zero-order valence-corrected chi connectivity index (χ0v) is 14.1. The fourth-order valence-electron chi connectivity index (χ4n) is 3.10. The highest BCUT2D eigenvalue weighted by molar-refractivity contribution is 5.73. The van der Waals surface area contributed by atoms with Gasteiger partial charge in [-0.1, -0.05) is 19.9 Å². The van der Waals surface area contributed by atoms with Crippen molar-refractivity contribution in [1.29, 1.82) is 0 Å². The summed E-state index contributed by atoms with van der Waals surface area (Å²) in [6, 6.07) is 6.46. The maximum atomic E-state index is 13.3. The smallest absolute Gasteiger partial charge is 0.168 e. The summed E-state index contributed by atoms with van der Waals surface area (Å²) in [5.41, 5.74) is 4.66. The van der Waals surface area contributed by atoms with Gasteiger partial charge in [-0.25, -0.2) is 4.39 Å². The van der Waals surface area contributed by atoms with Gasteiger partial charge in [-0.3, -0.25) is 4.57 Å². The van der Waals surface area contributed by atoms with Crippen molar-refractivity contribution in [3.8, 4) is 11.4 Å². The number of aromatic nitrogens is 3. The number of benzene rings is 1. The highest BCUT2D eigenvalue weighted by atomic mass is 19.1. The van der Waals surface area contributed by atoms with Gasteiger partial charge in [0.2, 0.25) is 0 Å². The first kappa shape index (κ1) is 15.7. The van der Waals surface area contributed by atoms with Crippen LogP contribution in [0.25, 0.3) is 17.1 Å². The molecule has 0 atom stereocenters. The number of nitrogens with zero attached hydrogens (tertiary/aromatic N) is 3. The average Bonchev–Trinajstić information content (AvgIpc) is 2.93. The van der Waals surface area contributed by atoms with Gasteiger partial charge in [-0.15, -0.1) is 10.2 Å². The standard InChI is InChI=1S/C19H22FN3/c1-12(2)18-21-22-19(15-8-10-16(20)11-9-15)23(18)17-13(3)6-5-7-14(17)4/h6,8-12H,5,7H2,1-4H3. The Kier molecular flexibility index (Phi) is 4.16. The molecule has 1 aromatic carbocycles. The number of hydrogen-bond acceptors (Lipinski definition) is 2. The van der Waals surface area contributed by atoms with Crippen LogP contribution in [-0.4, -0.2) is 14.8 Å². The third-order valence-electron chi connectivity index (χ3n) is 4.28. The fraction of sp³-hybridized carbons (Fsp3) is 0.368. The molecule has 4 heteroatoms. The third-order valence-corrected chi connectivity index (χ3v) is 4.28. The Hall–Kier alpha value is -2.23. The van der Waals surface area contributed by atoms with Gasteiger partial charge in [0.1, 0.15) is 11.6 Å². The molecule has 0 aliphatic heterocycles. The van der Waals surface area contributed by atoms with Crippen molar-refractivity contribution in [3.05, 3.63) is 53.1 Å². The van der Waals surface area contributed by atoms with Crippen molar-refractivity contribution in [2.75, 3.05) is 0 Å². The molecule has 0 bridgehead atoms. The Morgan fingerprint density at radius 2 is 1.78 bits per heavy atom. The summed E-state index contributed by atoms with van der Waals surface area (Å²) in [5.74, 6) is 1.73. The van der Waals surface area contributed by atoms with Crippen LogP contribution in [0, 0.1) is 5.82 Å². The van der Waals surface area contributed by atoms with E-state index in [-0.39, 0.29) is 11.7 Å². The summed E-state index contributed by atoms with van der Waals surface area (Å²) in [7, 11) is 0. The summed E-state index contributed by atoms with van der Waals surface area (Å²) in [4.78, 5) is 0. The molecule has 1 heterocycles. The predicted molar refractivity (Wildman–Crippen MR) is 91.4 cm³/mol. The van der Waals surface area contributed by atoms with Crippen LogP contribution in [-0.2, 0) is 0 Å². The molecule has 0 spiro atoms. The maximum Gasteiger partial charge on any atom is 0.168 e. The Morgan fingerprint density at radius 3 is 2.39 bits per heavy atom.